The molecule has 1 aromatic carbocycles. The average Bonchev–Trinajstić information content (AvgIpc) is 2.30. The van der Waals surface area contributed by atoms with Crippen LogP contribution in [-0.4, -0.2) is 15.0 Å². The molecular formula is C12H8Cl2N2O2. The third kappa shape index (κ3) is 2.44. The zero-order valence-electron chi connectivity index (χ0n) is 9.35. The van der Waals surface area contributed by atoms with E-state index >= 15 is 0 Å². The van der Waals surface area contributed by atoms with Gasteiger partial charge >= 0.3 is 0 Å². The predicted octanol–water partition coefficient (Wildman–Crippen LogP) is 2.57. The lowest BCUT2D eigenvalue weighted by atomic mass is 10.3. The van der Waals surface area contributed by atoms with Crippen molar-refractivity contribution in [2.75, 3.05) is 0 Å². The van der Waals surface area contributed by atoms with Crippen LogP contribution in [-0.2, 0) is 0 Å². The molecule has 0 atom stereocenters. The van der Waals surface area contributed by atoms with Crippen molar-refractivity contribution in [2.45, 2.75) is 6.92 Å². The summed E-state index contributed by atoms with van der Waals surface area (Å²) in [6, 6.07) is 8.17. The normalized spacial score (nSPS) is 10.4. The summed E-state index contributed by atoms with van der Waals surface area (Å²) in [6.07, 6.45) is 0. The fourth-order valence-electron chi connectivity index (χ4n) is 1.53. The molecule has 0 spiro atoms. The molecule has 0 amide bonds. The van der Waals surface area contributed by atoms with Crippen molar-refractivity contribution < 1.29 is 4.79 Å². The number of benzene rings is 1. The lowest BCUT2D eigenvalue weighted by Gasteiger charge is -2.09. The van der Waals surface area contributed by atoms with Gasteiger partial charge in [0, 0.05) is 16.8 Å². The number of carbonyl (C=O) groups excluding carboxylic acids is 1. The number of nitrogens with zero attached hydrogens (tertiary/aromatic N) is 2. The molecule has 0 radical (unpaired) electrons. The van der Waals surface area contributed by atoms with Crippen molar-refractivity contribution in [3.8, 4) is 5.69 Å². The maximum atomic E-state index is 11.5. The molecule has 0 fully saturated rings. The van der Waals surface area contributed by atoms with Gasteiger partial charge in [-0.05, 0) is 42.8 Å². The van der Waals surface area contributed by atoms with E-state index in [9.17, 15) is 9.59 Å². The maximum Gasteiger partial charge on any atom is 0.276 e. The summed E-state index contributed by atoms with van der Waals surface area (Å²) in [5.74, 6) is 0. The third-order valence-corrected chi connectivity index (χ3v) is 2.80. The number of carbonyl (C=O) groups is 1. The van der Waals surface area contributed by atoms with Crippen LogP contribution in [0.25, 0.3) is 5.69 Å². The SMILES string of the molecule is Cc1cc(=O)c(C(=O)Cl)nn1-c1ccc(Cl)cc1. The summed E-state index contributed by atoms with van der Waals surface area (Å²) < 4.78 is 1.47. The number of aryl methyl sites for hydroxylation is 1. The number of hydrogen-bond acceptors (Lipinski definition) is 3. The van der Waals surface area contributed by atoms with Gasteiger partial charge in [0.05, 0.1) is 5.69 Å². The van der Waals surface area contributed by atoms with E-state index in [0.29, 0.717) is 16.4 Å². The van der Waals surface area contributed by atoms with Gasteiger partial charge in [-0.2, -0.15) is 5.10 Å². The first-order valence-electron chi connectivity index (χ1n) is 5.06. The molecule has 18 heavy (non-hydrogen) atoms. The summed E-state index contributed by atoms with van der Waals surface area (Å²) in [5.41, 5.74) is 0.509. The van der Waals surface area contributed by atoms with Crippen LogP contribution in [0.1, 0.15) is 16.2 Å². The summed E-state index contributed by atoms with van der Waals surface area (Å²) in [6.45, 7) is 1.71. The first-order valence-corrected chi connectivity index (χ1v) is 5.81. The Morgan fingerprint density at radius 1 is 1.28 bits per heavy atom. The van der Waals surface area contributed by atoms with Gasteiger partial charge in [-0.1, -0.05) is 11.6 Å². The van der Waals surface area contributed by atoms with Gasteiger partial charge in [-0.15, -0.1) is 0 Å². The molecule has 0 aliphatic rings. The molecule has 6 heteroatoms. The number of rotatable bonds is 2. The quantitative estimate of drug-likeness (QED) is 0.796. The summed E-state index contributed by atoms with van der Waals surface area (Å²) >= 11 is 11.1. The highest BCUT2D eigenvalue weighted by Gasteiger charge is 2.12. The van der Waals surface area contributed by atoms with Crippen LogP contribution in [0, 0.1) is 6.92 Å². The van der Waals surface area contributed by atoms with Gasteiger partial charge in [-0.3, -0.25) is 9.59 Å². The maximum absolute atomic E-state index is 11.5. The molecule has 2 aromatic rings. The molecule has 0 saturated heterocycles. The average molecular weight is 283 g/mol. The summed E-state index contributed by atoms with van der Waals surface area (Å²) in [4.78, 5) is 22.6. The standard InChI is InChI=1S/C12H8Cl2N2O2/c1-7-6-10(17)11(12(14)18)15-16(7)9-4-2-8(13)3-5-9/h2-6H,1H3. The first-order chi connectivity index (χ1) is 8.49. The predicted molar refractivity (Wildman–Crippen MR) is 69.8 cm³/mol. The number of hydrogen-bond donors (Lipinski definition) is 0. The number of halogens is 2. The second kappa shape index (κ2) is 4.92. The van der Waals surface area contributed by atoms with E-state index in [1.807, 2.05) is 0 Å². The Balaban J connectivity index is 2.64. The second-order valence-electron chi connectivity index (χ2n) is 3.66. The van der Waals surface area contributed by atoms with Gasteiger partial charge in [0.1, 0.15) is 0 Å². The van der Waals surface area contributed by atoms with E-state index in [4.69, 9.17) is 23.2 Å². The van der Waals surface area contributed by atoms with E-state index in [2.05, 4.69) is 5.10 Å². The zero-order valence-corrected chi connectivity index (χ0v) is 10.9. The van der Waals surface area contributed by atoms with Gasteiger partial charge < -0.3 is 0 Å². The van der Waals surface area contributed by atoms with Crippen molar-refractivity contribution >= 4 is 28.4 Å². The van der Waals surface area contributed by atoms with Crippen LogP contribution in [0.5, 0.6) is 0 Å². The van der Waals surface area contributed by atoms with Gasteiger partial charge in [0.25, 0.3) is 5.24 Å². The molecule has 0 saturated carbocycles. The summed E-state index contributed by atoms with van der Waals surface area (Å²) in [7, 11) is 0. The van der Waals surface area contributed by atoms with Gasteiger partial charge in [0.15, 0.2) is 5.69 Å². The van der Waals surface area contributed by atoms with Crippen LogP contribution in [0.4, 0.5) is 0 Å². The Bertz CT molecular complexity index is 663. The molecule has 1 aromatic heterocycles. The fourth-order valence-corrected chi connectivity index (χ4v) is 1.78. The largest absolute Gasteiger partial charge is 0.287 e. The van der Waals surface area contributed by atoms with E-state index in [1.165, 1.54) is 10.7 Å². The lowest BCUT2D eigenvalue weighted by Crippen LogP contribution is -2.20. The molecular weight excluding hydrogens is 275 g/mol. The van der Waals surface area contributed by atoms with E-state index in [1.54, 1.807) is 31.2 Å². The van der Waals surface area contributed by atoms with Crippen LogP contribution < -0.4 is 5.43 Å². The summed E-state index contributed by atoms with van der Waals surface area (Å²) in [5, 5.41) is 3.67. The van der Waals surface area contributed by atoms with Crippen LogP contribution in [0.2, 0.25) is 5.02 Å². The smallest absolute Gasteiger partial charge is 0.276 e. The molecule has 0 aliphatic heterocycles. The van der Waals surface area contributed by atoms with E-state index in [0.717, 1.165) is 0 Å². The minimum atomic E-state index is -0.872. The van der Waals surface area contributed by atoms with Crippen molar-refractivity contribution in [1.82, 2.24) is 9.78 Å². The minimum Gasteiger partial charge on any atom is -0.287 e. The molecule has 0 bridgehead atoms. The Labute approximate surface area is 113 Å². The van der Waals surface area contributed by atoms with Crippen molar-refractivity contribution in [2.24, 2.45) is 0 Å². The molecule has 0 N–H and O–H groups in total. The Hall–Kier alpha value is -1.65. The monoisotopic (exact) mass is 282 g/mol. The molecule has 4 nitrogen and oxygen atoms in total. The van der Waals surface area contributed by atoms with Gasteiger partial charge in [-0.25, -0.2) is 4.68 Å². The van der Waals surface area contributed by atoms with E-state index < -0.39 is 10.7 Å². The second-order valence-corrected chi connectivity index (χ2v) is 4.44. The van der Waals surface area contributed by atoms with Crippen molar-refractivity contribution in [3.63, 3.8) is 0 Å². The lowest BCUT2D eigenvalue weighted by molar-refractivity contribution is 0.107. The fraction of sp³-hybridized carbons (Fsp3) is 0.0833. The topological polar surface area (TPSA) is 52.0 Å². The molecule has 1 heterocycles. The molecule has 92 valence electrons. The zero-order chi connectivity index (χ0) is 13.3. The van der Waals surface area contributed by atoms with Crippen LogP contribution in [0.15, 0.2) is 35.1 Å². The first kappa shape index (κ1) is 12.8. The molecule has 2 rings (SSSR count). The number of aromatic nitrogens is 2. The van der Waals surface area contributed by atoms with Crippen molar-refractivity contribution in [3.05, 3.63) is 57.0 Å². The van der Waals surface area contributed by atoms with Gasteiger partial charge in [0.2, 0.25) is 5.43 Å². The van der Waals surface area contributed by atoms with Crippen molar-refractivity contribution in [1.29, 1.82) is 0 Å². The molecule has 0 unspecified atom stereocenters. The van der Waals surface area contributed by atoms with Crippen LogP contribution >= 0.6 is 23.2 Å². The third-order valence-electron chi connectivity index (χ3n) is 2.36. The van der Waals surface area contributed by atoms with E-state index in [-0.39, 0.29) is 5.69 Å². The Morgan fingerprint density at radius 2 is 1.89 bits per heavy atom. The molecule has 0 aliphatic carbocycles. The highest BCUT2D eigenvalue weighted by atomic mass is 35.5. The Morgan fingerprint density at radius 3 is 2.44 bits per heavy atom. The van der Waals surface area contributed by atoms with Crippen LogP contribution in [0.3, 0.4) is 0 Å². The Kier molecular flexibility index (Phi) is 3.50. The highest BCUT2D eigenvalue weighted by molar-refractivity contribution is 6.67. The minimum absolute atomic E-state index is 0.294. The highest BCUT2D eigenvalue weighted by Crippen LogP contribution is 2.13.